The number of carbonyl (C=O) groups excluding carboxylic acids is 2. The molecule has 0 aliphatic heterocycles. The molecule has 202 valence electrons. The summed E-state index contributed by atoms with van der Waals surface area (Å²) in [6, 6.07) is 3.29. The zero-order valence-electron chi connectivity index (χ0n) is 23.1. The van der Waals surface area contributed by atoms with E-state index >= 15 is 4.39 Å². The smallest absolute Gasteiger partial charge is 0.253 e. The van der Waals surface area contributed by atoms with Gasteiger partial charge in [-0.2, -0.15) is 5.10 Å². The second-order valence-electron chi connectivity index (χ2n) is 12.8. The molecule has 0 radical (unpaired) electrons. The van der Waals surface area contributed by atoms with Gasteiger partial charge in [0, 0.05) is 31.1 Å². The first-order chi connectivity index (χ1) is 17.3. The van der Waals surface area contributed by atoms with Crippen LogP contribution in [0.25, 0.3) is 5.69 Å². The molecule has 2 aliphatic carbocycles. The molecule has 37 heavy (non-hydrogen) atoms. The Kier molecular flexibility index (Phi) is 7.52. The number of nitrogens with two attached hydrogens (primary N) is 1. The number of rotatable bonds is 7. The molecule has 2 aliphatic rings. The van der Waals surface area contributed by atoms with Crippen LogP contribution in [-0.2, 0) is 12.8 Å². The van der Waals surface area contributed by atoms with Crippen LogP contribution < -0.4 is 16.4 Å². The van der Waals surface area contributed by atoms with E-state index in [-0.39, 0.29) is 34.3 Å². The van der Waals surface area contributed by atoms with E-state index in [1.807, 2.05) is 6.92 Å². The van der Waals surface area contributed by atoms with Crippen LogP contribution in [0.5, 0.6) is 0 Å². The third-order valence-electron chi connectivity index (χ3n) is 7.52. The first-order valence-corrected chi connectivity index (χ1v) is 13.6. The van der Waals surface area contributed by atoms with Crippen molar-refractivity contribution in [3.05, 3.63) is 40.5 Å². The number of nitrogens with one attached hydrogen (secondary N) is 2. The number of aromatic nitrogens is 2. The van der Waals surface area contributed by atoms with Gasteiger partial charge >= 0.3 is 0 Å². The van der Waals surface area contributed by atoms with Crippen molar-refractivity contribution in [2.45, 2.75) is 98.6 Å². The highest BCUT2D eigenvalue weighted by atomic mass is 19.1. The topological polar surface area (TPSA) is 102 Å². The van der Waals surface area contributed by atoms with Crippen LogP contribution in [0, 0.1) is 16.6 Å². The number of fused-ring (bicyclic) bond motifs is 1. The number of Topliss-reactive ketones (excluding diaryl/α,β-unsaturated/α-hetero) is 1. The molecule has 1 heterocycles. The first kappa shape index (κ1) is 27.3. The van der Waals surface area contributed by atoms with Gasteiger partial charge in [-0.3, -0.25) is 9.59 Å². The molecule has 1 amide bonds. The summed E-state index contributed by atoms with van der Waals surface area (Å²) in [5.74, 6) is -1.42. The van der Waals surface area contributed by atoms with Gasteiger partial charge in [0.05, 0.1) is 33.9 Å². The molecular formula is C29H42FN5O2. The van der Waals surface area contributed by atoms with Crippen LogP contribution in [-0.4, -0.2) is 40.1 Å². The van der Waals surface area contributed by atoms with Crippen LogP contribution in [0.4, 0.5) is 10.1 Å². The Morgan fingerprint density at radius 3 is 2.49 bits per heavy atom. The molecule has 4 N–H and O–H groups in total. The maximum Gasteiger partial charge on any atom is 0.253 e. The summed E-state index contributed by atoms with van der Waals surface area (Å²) >= 11 is 0. The predicted octanol–water partition coefficient (Wildman–Crippen LogP) is 5.19. The van der Waals surface area contributed by atoms with Crippen molar-refractivity contribution in [3.8, 4) is 5.69 Å². The maximum absolute atomic E-state index is 15.5. The number of hydrogen-bond donors (Lipinski definition) is 3. The zero-order valence-corrected chi connectivity index (χ0v) is 23.1. The third-order valence-corrected chi connectivity index (χ3v) is 7.52. The normalized spacial score (nSPS) is 21.5. The van der Waals surface area contributed by atoms with E-state index in [1.54, 1.807) is 10.7 Å². The van der Waals surface area contributed by atoms with Gasteiger partial charge in [0.15, 0.2) is 5.78 Å². The van der Waals surface area contributed by atoms with Crippen molar-refractivity contribution in [3.63, 3.8) is 0 Å². The number of amides is 1. The van der Waals surface area contributed by atoms with Gasteiger partial charge in [0.25, 0.3) is 5.91 Å². The summed E-state index contributed by atoms with van der Waals surface area (Å²) < 4.78 is 17.2. The molecule has 7 nitrogen and oxygen atoms in total. The van der Waals surface area contributed by atoms with Crippen molar-refractivity contribution in [2.75, 3.05) is 11.9 Å². The number of anilines is 1. The summed E-state index contributed by atoms with van der Waals surface area (Å²) in [7, 11) is 0. The Bertz CT molecular complexity index is 1190. The van der Waals surface area contributed by atoms with E-state index in [9.17, 15) is 9.59 Å². The summed E-state index contributed by atoms with van der Waals surface area (Å²) in [6.07, 6.45) is 5.83. The Balaban J connectivity index is 1.76. The lowest BCUT2D eigenvalue weighted by Crippen LogP contribution is -2.48. The van der Waals surface area contributed by atoms with Crippen molar-refractivity contribution in [1.82, 2.24) is 15.1 Å². The summed E-state index contributed by atoms with van der Waals surface area (Å²) in [5, 5.41) is 11.9. The van der Waals surface area contributed by atoms with E-state index in [1.165, 1.54) is 6.07 Å². The first-order valence-electron chi connectivity index (χ1n) is 13.6. The van der Waals surface area contributed by atoms with Crippen molar-refractivity contribution < 1.29 is 14.0 Å². The van der Waals surface area contributed by atoms with Gasteiger partial charge in [0.2, 0.25) is 0 Å². The Morgan fingerprint density at radius 2 is 1.86 bits per heavy atom. The lowest BCUT2D eigenvalue weighted by Gasteiger charge is -2.36. The third kappa shape index (κ3) is 5.89. The number of benzene rings is 1. The number of ketones is 1. The number of carbonyl (C=O) groups is 2. The Hall–Kier alpha value is -2.74. The molecule has 2 unspecified atom stereocenters. The predicted molar refractivity (Wildman–Crippen MR) is 145 cm³/mol. The van der Waals surface area contributed by atoms with Crippen LogP contribution in [0.15, 0.2) is 12.1 Å². The highest BCUT2D eigenvalue weighted by Crippen LogP contribution is 2.38. The molecule has 8 heteroatoms. The second kappa shape index (κ2) is 10.2. The van der Waals surface area contributed by atoms with Crippen LogP contribution in [0.3, 0.4) is 0 Å². The molecule has 1 aromatic carbocycles. The number of hydrogen-bond acceptors (Lipinski definition) is 5. The average molecular weight is 512 g/mol. The Labute approximate surface area is 219 Å². The van der Waals surface area contributed by atoms with Gasteiger partial charge < -0.3 is 16.4 Å². The summed E-state index contributed by atoms with van der Waals surface area (Å²) in [4.78, 5) is 25.4. The zero-order chi connectivity index (χ0) is 27.1. The minimum atomic E-state index is -0.811. The number of aryl methyl sites for hydroxylation is 1. The molecular weight excluding hydrogens is 469 g/mol. The van der Waals surface area contributed by atoms with Crippen LogP contribution in [0.1, 0.15) is 106 Å². The van der Waals surface area contributed by atoms with E-state index in [2.05, 4.69) is 45.3 Å². The second-order valence-corrected chi connectivity index (χ2v) is 12.8. The lowest BCUT2D eigenvalue weighted by atomic mass is 9.75. The van der Waals surface area contributed by atoms with Crippen LogP contribution in [0.2, 0.25) is 0 Å². The molecule has 4 rings (SSSR count). The largest absolute Gasteiger partial charge is 0.380 e. The average Bonchev–Trinajstić information content (AvgIpc) is 3.15. The van der Waals surface area contributed by atoms with Crippen molar-refractivity contribution in [1.29, 1.82) is 0 Å². The standard InChI is InChI=1S/C29H42FN5O2/c1-7-19-26-23(14-29(5,6)15-24(26)36)35(34-19)17-12-18(30)25(27(31)37)22(13-17)33-21-11-9-8-10-20(21)32-16-28(2,3)4/h12-13,20-21,32-33H,7-11,14-16H2,1-6H3,(H2,31,37). The molecule has 1 saturated carbocycles. The number of primary amides is 1. The molecule has 2 atom stereocenters. The van der Waals surface area contributed by atoms with E-state index < -0.39 is 11.7 Å². The quantitative estimate of drug-likeness (QED) is 0.475. The van der Waals surface area contributed by atoms with E-state index in [4.69, 9.17) is 10.8 Å². The van der Waals surface area contributed by atoms with Crippen molar-refractivity contribution >= 4 is 17.4 Å². The van der Waals surface area contributed by atoms with Gasteiger partial charge in [-0.15, -0.1) is 0 Å². The molecule has 1 fully saturated rings. The highest BCUT2D eigenvalue weighted by molar-refractivity contribution is 6.00. The fourth-order valence-corrected chi connectivity index (χ4v) is 5.75. The molecule has 2 aromatic rings. The van der Waals surface area contributed by atoms with Gasteiger partial charge in [-0.25, -0.2) is 9.07 Å². The SMILES string of the molecule is CCc1nn(-c2cc(F)c(C(N)=O)c(NC3CCCCC3NCC(C)(C)C)c2)c2c1C(=O)CC(C)(C)C2. The van der Waals surface area contributed by atoms with Gasteiger partial charge in [-0.05, 0) is 42.6 Å². The fraction of sp³-hybridized carbons (Fsp3) is 0.621. The number of halogens is 1. The minimum Gasteiger partial charge on any atom is -0.380 e. The minimum absolute atomic E-state index is 0.0297. The van der Waals surface area contributed by atoms with E-state index in [0.29, 0.717) is 36.2 Å². The maximum atomic E-state index is 15.5. The number of nitrogens with zero attached hydrogens (tertiary/aromatic N) is 2. The monoisotopic (exact) mass is 511 g/mol. The molecule has 1 aromatic heterocycles. The molecule has 0 saturated heterocycles. The molecule has 0 spiro atoms. The Morgan fingerprint density at radius 1 is 1.19 bits per heavy atom. The molecule has 0 bridgehead atoms. The van der Waals surface area contributed by atoms with Crippen molar-refractivity contribution in [2.24, 2.45) is 16.6 Å². The lowest BCUT2D eigenvalue weighted by molar-refractivity contribution is 0.0909. The van der Waals surface area contributed by atoms with Gasteiger partial charge in [-0.1, -0.05) is 54.4 Å². The summed E-state index contributed by atoms with van der Waals surface area (Å²) in [6.45, 7) is 13.5. The summed E-state index contributed by atoms with van der Waals surface area (Å²) in [5.41, 5.74) is 8.48. The fourth-order valence-electron chi connectivity index (χ4n) is 5.75. The van der Waals surface area contributed by atoms with Crippen LogP contribution >= 0.6 is 0 Å². The van der Waals surface area contributed by atoms with E-state index in [0.717, 1.165) is 43.6 Å². The van der Waals surface area contributed by atoms with Gasteiger partial charge in [0.1, 0.15) is 5.82 Å². The highest BCUT2D eigenvalue weighted by Gasteiger charge is 2.37.